The summed E-state index contributed by atoms with van der Waals surface area (Å²) in [7, 11) is 0. The Kier molecular flexibility index (Phi) is 4.37. The Morgan fingerprint density at radius 2 is 1.85 bits per heavy atom. The molecule has 0 spiro atoms. The van der Waals surface area contributed by atoms with E-state index in [1.54, 1.807) is 17.5 Å². The van der Waals surface area contributed by atoms with Crippen LogP contribution in [0.1, 0.15) is 10.4 Å². The highest BCUT2D eigenvalue weighted by molar-refractivity contribution is 7.17. The van der Waals surface area contributed by atoms with Gasteiger partial charge in [-0.2, -0.15) is 0 Å². The molecule has 0 aliphatic rings. The molecule has 0 aliphatic heterocycles. The molecule has 27 heavy (non-hydrogen) atoms. The number of ketones is 1. The minimum Gasteiger partial charge on any atom is -0.292 e. The number of halogens is 2. The van der Waals surface area contributed by atoms with Gasteiger partial charge in [0, 0.05) is 16.5 Å². The van der Waals surface area contributed by atoms with E-state index in [0.29, 0.717) is 21.3 Å². The average Bonchev–Trinajstić information content (AvgIpc) is 3.09. The first-order valence-electron chi connectivity index (χ1n) is 8.04. The predicted molar refractivity (Wildman–Crippen MR) is 100 cm³/mol. The Bertz CT molecular complexity index is 1210. The summed E-state index contributed by atoms with van der Waals surface area (Å²) in [6, 6.07) is 11.1. The lowest BCUT2D eigenvalue weighted by atomic mass is 10.1. The van der Waals surface area contributed by atoms with Crippen LogP contribution in [0, 0.1) is 11.6 Å². The van der Waals surface area contributed by atoms with Gasteiger partial charge in [-0.05, 0) is 29.8 Å². The quantitative estimate of drug-likeness (QED) is 0.495. The molecule has 0 radical (unpaired) electrons. The third-order valence-corrected chi connectivity index (χ3v) is 5.06. The number of carbonyl (C=O) groups is 1. The molecule has 0 atom stereocenters. The fraction of sp³-hybridized carbons (Fsp3) is 0.0500. The molecule has 2 aromatic heterocycles. The van der Waals surface area contributed by atoms with Crippen molar-refractivity contribution >= 4 is 27.3 Å². The van der Waals surface area contributed by atoms with Crippen LogP contribution in [0.15, 0.2) is 65.0 Å². The monoisotopic (exact) mass is 382 g/mol. The third-order valence-electron chi connectivity index (χ3n) is 4.18. The molecule has 0 unspecified atom stereocenters. The highest BCUT2D eigenvalue weighted by atomic mass is 32.1. The maximum absolute atomic E-state index is 13.3. The zero-order chi connectivity index (χ0) is 19.0. The van der Waals surface area contributed by atoms with Gasteiger partial charge in [0.15, 0.2) is 5.78 Å². The highest BCUT2D eigenvalue weighted by Gasteiger charge is 2.15. The fourth-order valence-corrected chi connectivity index (χ4v) is 3.74. The van der Waals surface area contributed by atoms with Gasteiger partial charge in [-0.15, -0.1) is 11.3 Å². The van der Waals surface area contributed by atoms with Crippen LogP contribution in [0.3, 0.4) is 0 Å². The van der Waals surface area contributed by atoms with E-state index in [4.69, 9.17) is 0 Å². The number of fused-ring (bicyclic) bond motifs is 1. The fourth-order valence-electron chi connectivity index (χ4n) is 2.83. The van der Waals surface area contributed by atoms with Crippen LogP contribution in [0.2, 0.25) is 0 Å². The van der Waals surface area contributed by atoms with Gasteiger partial charge in [-0.1, -0.05) is 24.3 Å². The number of Topliss-reactive ketones (excluding diaryl/α,β-unsaturated/α-hetero) is 1. The first kappa shape index (κ1) is 17.2. The predicted octanol–water partition coefficient (Wildman–Crippen LogP) is 4.29. The van der Waals surface area contributed by atoms with E-state index in [2.05, 4.69) is 4.98 Å². The molecule has 2 heterocycles. The molecular formula is C20H12F2N2O2S. The summed E-state index contributed by atoms with van der Waals surface area (Å²) < 4.78 is 27.7. The van der Waals surface area contributed by atoms with Gasteiger partial charge in [0.1, 0.15) is 16.5 Å². The molecular weight excluding hydrogens is 370 g/mol. The van der Waals surface area contributed by atoms with E-state index in [9.17, 15) is 18.4 Å². The zero-order valence-corrected chi connectivity index (χ0v) is 14.7. The summed E-state index contributed by atoms with van der Waals surface area (Å²) in [5.41, 5.74) is 1.15. The van der Waals surface area contributed by atoms with Crippen LogP contribution in [-0.4, -0.2) is 15.3 Å². The highest BCUT2D eigenvalue weighted by Crippen LogP contribution is 2.30. The number of aromatic nitrogens is 2. The van der Waals surface area contributed by atoms with Crippen molar-refractivity contribution in [1.82, 2.24) is 9.55 Å². The summed E-state index contributed by atoms with van der Waals surface area (Å²) >= 11 is 1.30. The van der Waals surface area contributed by atoms with Crippen LogP contribution < -0.4 is 5.56 Å². The van der Waals surface area contributed by atoms with Gasteiger partial charge in [-0.25, -0.2) is 13.8 Å². The second kappa shape index (κ2) is 6.85. The normalized spacial score (nSPS) is 11.0. The van der Waals surface area contributed by atoms with Crippen LogP contribution in [0.25, 0.3) is 21.3 Å². The summed E-state index contributed by atoms with van der Waals surface area (Å²) in [5.74, 6) is -1.27. The van der Waals surface area contributed by atoms with Crippen LogP contribution in [0.5, 0.6) is 0 Å². The standard InChI is InChI=1S/C20H12F2N2O2S/c21-14-6-4-12(5-7-14)16-10-27-19-18(16)20(26)24(11-23-19)9-17(25)13-2-1-3-15(22)8-13/h1-8,10-11H,9H2. The van der Waals surface area contributed by atoms with E-state index in [-0.39, 0.29) is 23.5 Å². The minimum absolute atomic E-state index is 0.186. The van der Waals surface area contributed by atoms with Gasteiger partial charge in [-0.3, -0.25) is 14.2 Å². The molecule has 4 nitrogen and oxygen atoms in total. The van der Waals surface area contributed by atoms with Crippen LogP contribution in [0.4, 0.5) is 8.78 Å². The van der Waals surface area contributed by atoms with Crippen molar-refractivity contribution in [2.24, 2.45) is 0 Å². The number of rotatable bonds is 4. The smallest absolute Gasteiger partial charge is 0.263 e. The van der Waals surface area contributed by atoms with Gasteiger partial charge in [0.05, 0.1) is 18.3 Å². The van der Waals surface area contributed by atoms with Crippen molar-refractivity contribution in [2.45, 2.75) is 6.54 Å². The molecule has 0 saturated carbocycles. The lowest BCUT2D eigenvalue weighted by molar-refractivity contribution is 0.0970. The minimum atomic E-state index is -0.516. The summed E-state index contributed by atoms with van der Waals surface area (Å²) in [4.78, 5) is 30.1. The molecule has 4 rings (SSSR count). The molecule has 0 bridgehead atoms. The van der Waals surface area contributed by atoms with Crippen LogP contribution in [-0.2, 0) is 6.54 Å². The topological polar surface area (TPSA) is 52.0 Å². The van der Waals surface area contributed by atoms with Gasteiger partial charge >= 0.3 is 0 Å². The van der Waals surface area contributed by atoms with Crippen molar-refractivity contribution in [3.05, 3.63) is 87.8 Å². The van der Waals surface area contributed by atoms with Gasteiger partial charge in [0.25, 0.3) is 5.56 Å². The zero-order valence-electron chi connectivity index (χ0n) is 13.9. The molecule has 4 aromatic rings. The van der Waals surface area contributed by atoms with E-state index in [1.807, 2.05) is 0 Å². The van der Waals surface area contributed by atoms with Crippen molar-refractivity contribution in [3.63, 3.8) is 0 Å². The van der Waals surface area contributed by atoms with Crippen molar-refractivity contribution in [2.75, 3.05) is 0 Å². The molecule has 0 N–H and O–H groups in total. The molecule has 0 saturated heterocycles. The van der Waals surface area contributed by atoms with E-state index in [0.717, 1.165) is 6.07 Å². The first-order valence-corrected chi connectivity index (χ1v) is 8.92. The lowest BCUT2D eigenvalue weighted by Crippen LogP contribution is -2.24. The summed E-state index contributed by atoms with van der Waals surface area (Å²) in [6.45, 7) is -0.246. The largest absolute Gasteiger partial charge is 0.292 e. The Balaban J connectivity index is 1.76. The molecule has 0 amide bonds. The molecule has 0 aliphatic carbocycles. The first-order chi connectivity index (χ1) is 13.0. The Hall–Kier alpha value is -3.19. The van der Waals surface area contributed by atoms with Crippen molar-refractivity contribution in [3.8, 4) is 11.1 Å². The lowest BCUT2D eigenvalue weighted by Gasteiger charge is -2.06. The summed E-state index contributed by atoms with van der Waals surface area (Å²) in [5, 5.41) is 2.16. The SMILES string of the molecule is O=C(Cn1cnc2scc(-c3ccc(F)cc3)c2c1=O)c1cccc(F)c1. The van der Waals surface area contributed by atoms with Crippen molar-refractivity contribution in [1.29, 1.82) is 0 Å². The maximum Gasteiger partial charge on any atom is 0.263 e. The average molecular weight is 382 g/mol. The second-order valence-corrected chi connectivity index (χ2v) is 6.81. The van der Waals surface area contributed by atoms with E-state index < -0.39 is 11.6 Å². The van der Waals surface area contributed by atoms with Gasteiger partial charge < -0.3 is 0 Å². The molecule has 2 aromatic carbocycles. The Morgan fingerprint density at radius 1 is 1.07 bits per heavy atom. The number of hydrogen-bond donors (Lipinski definition) is 0. The Morgan fingerprint density at radius 3 is 2.59 bits per heavy atom. The Labute approximate surface area is 156 Å². The number of thiophene rings is 1. The number of hydrogen-bond acceptors (Lipinski definition) is 4. The second-order valence-electron chi connectivity index (χ2n) is 5.95. The third kappa shape index (κ3) is 3.29. The van der Waals surface area contributed by atoms with E-state index in [1.165, 1.54) is 52.6 Å². The maximum atomic E-state index is 13.3. The van der Waals surface area contributed by atoms with E-state index >= 15 is 0 Å². The number of benzene rings is 2. The summed E-state index contributed by atoms with van der Waals surface area (Å²) in [6.07, 6.45) is 1.31. The van der Waals surface area contributed by atoms with Crippen molar-refractivity contribution < 1.29 is 13.6 Å². The molecule has 134 valence electrons. The number of carbonyl (C=O) groups excluding carboxylic acids is 1. The van der Waals surface area contributed by atoms with Crippen LogP contribution >= 0.6 is 11.3 Å². The number of nitrogens with zero attached hydrogens (tertiary/aromatic N) is 2. The molecule has 0 fully saturated rings. The molecule has 7 heteroatoms. The van der Waals surface area contributed by atoms with Gasteiger partial charge in [0.2, 0.25) is 0 Å².